The minimum atomic E-state index is -0.935. The molecular formula is C54H108O3. The molecule has 0 fully saturated rings. The van der Waals surface area contributed by atoms with Crippen LogP contribution < -0.4 is 0 Å². The molecule has 0 bridgehead atoms. The van der Waals surface area contributed by atoms with Crippen LogP contribution in [0.3, 0.4) is 0 Å². The summed E-state index contributed by atoms with van der Waals surface area (Å²) in [5.74, 6) is 0.554. The Morgan fingerprint density at radius 2 is 0.526 bits per heavy atom. The SMILES string of the molecule is CCCCCCCCCCCCCCCCCCOC(=O)C(O)CCCCCCCCCC(CCCCCC)CCCCCCCCCCCCCCCCCC. The van der Waals surface area contributed by atoms with Gasteiger partial charge in [0, 0.05) is 0 Å². The van der Waals surface area contributed by atoms with Gasteiger partial charge >= 0.3 is 5.97 Å². The Labute approximate surface area is 360 Å². The van der Waals surface area contributed by atoms with E-state index in [1.165, 1.54) is 270 Å². The highest BCUT2D eigenvalue weighted by Crippen LogP contribution is 2.25. The third kappa shape index (κ3) is 46.3. The van der Waals surface area contributed by atoms with Gasteiger partial charge in [0.05, 0.1) is 6.61 Å². The molecule has 0 amide bonds. The summed E-state index contributed by atoms with van der Waals surface area (Å²) in [6.45, 7) is 7.39. The van der Waals surface area contributed by atoms with Crippen LogP contribution in [-0.4, -0.2) is 23.8 Å². The highest BCUT2D eigenvalue weighted by molar-refractivity contribution is 5.74. The lowest BCUT2D eigenvalue weighted by Crippen LogP contribution is -2.23. The van der Waals surface area contributed by atoms with Gasteiger partial charge in [0.1, 0.15) is 0 Å². The van der Waals surface area contributed by atoms with Gasteiger partial charge in [0.25, 0.3) is 0 Å². The van der Waals surface area contributed by atoms with E-state index in [4.69, 9.17) is 4.74 Å². The lowest BCUT2D eigenvalue weighted by molar-refractivity contribution is -0.154. The van der Waals surface area contributed by atoms with E-state index < -0.39 is 12.1 Å². The van der Waals surface area contributed by atoms with E-state index in [0.717, 1.165) is 31.6 Å². The highest BCUT2D eigenvalue weighted by atomic mass is 16.5. The van der Waals surface area contributed by atoms with Crippen molar-refractivity contribution in [1.29, 1.82) is 0 Å². The zero-order chi connectivity index (χ0) is 41.4. The quantitative estimate of drug-likeness (QED) is 0.0492. The first-order valence-electron chi connectivity index (χ1n) is 27.0. The fraction of sp³-hybridized carbons (Fsp3) is 0.981. The predicted molar refractivity (Wildman–Crippen MR) is 254 cm³/mol. The summed E-state index contributed by atoms with van der Waals surface area (Å²) >= 11 is 0. The first-order chi connectivity index (χ1) is 28.2. The molecule has 0 aliphatic heterocycles. The number of rotatable bonds is 50. The third-order valence-electron chi connectivity index (χ3n) is 13.0. The Kier molecular flexibility index (Phi) is 49.3. The van der Waals surface area contributed by atoms with Gasteiger partial charge < -0.3 is 9.84 Å². The van der Waals surface area contributed by atoms with Crippen molar-refractivity contribution >= 4 is 5.97 Å². The summed E-state index contributed by atoms with van der Waals surface area (Å²) in [4.78, 5) is 12.2. The summed E-state index contributed by atoms with van der Waals surface area (Å²) in [7, 11) is 0. The predicted octanol–water partition coefficient (Wildman–Crippen LogP) is 18.9. The molecule has 0 spiro atoms. The fourth-order valence-corrected chi connectivity index (χ4v) is 8.97. The van der Waals surface area contributed by atoms with Gasteiger partial charge in [0.2, 0.25) is 0 Å². The lowest BCUT2D eigenvalue weighted by Gasteiger charge is -2.17. The number of unbranched alkanes of at least 4 members (excludes halogenated alkanes) is 39. The zero-order valence-corrected chi connectivity index (χ0v) is 39.9. The Morgan fingerprint density at radius 1 is 0.316 bits per heavy atom. The van der Waals surface area contributed by atoms with E-state index in [0.29, 0.717) is 13.0 Å². The van der Waals surface area contributed by atoms with Gasteiger partial charge in [-0.1, -0.05) is 310 Å². The van der Waals surface area contributed by atoms with E-state index in [1.54, 1.807) is 0 Å². The van der Waals surface area contributed by atoms with Crippen LogP contribution in [0.1, 0.15) is 323 Å². The molecule has 342 valence electrons. The molecular weight excluding hydrogens is 697 g/mol. The van der Waals surface area contributed by atoms with Crippen molar-refractivity contribution in [2.75, 3.05) is 6.61 Å². The van der Waals surface area contributed by atoms with Crippen molar-refractivity contribution in [1.82, 2.24) is 0 Å². The number of hydrogen-bond donors (Lipinski definition) is 1. The molecule has 0 aromatic carbocycles. The maximum Gasteiger partial charge on any atom is 0.334 e. The molecule has 0 saturated carbocycles. The largest absolute Gasteiger partial charge is 0.464 e. The van der Waals surface area contributed by atoms with Crippen LogP contribution in [0.15, 0.2) is 0 Å². The number of hydrogen-bond acceptors (Lipinski definition) is 3. The molecule has 3 nitrogen and oxygen atoms in total. The van der Waals surface area contributed by atoms with Crippen molar-refractivity contribution in [3.63, 3.8) is 0 Å². The molecule has 0 aromatic rings. The highest BCUT2D eigenvalue weighted by Gasteiger charge is 2.16. The molecule has 0 aromatic heterocycles. The van der Waals surface area contributed by atoms with Crippen LogP contribution in [-0.2, 0) is 9.53 Å². The number of aliphatic hydroxyl groups is 1. The Bertz CT molecular complexity index is 737. The number of ether oxygens (including phenoxy) is 1. The monoisotopic (exact) mass is 805 g/mol. The second-order valence-corrected chi connectivity index (χ2v) is 18.8. The standard InChI is InChI=1S/C54H108O3/c1-4-7-10-13-15-17-19-21-23-25-27-29-31-34-38-43-48-52(47-42-12-9-6-3)49-44-39-35-33-36-40-45-50-53(55)54(56)57-51-46-41-37-32-30-28-26-24-22-20-18-16-14-11-8-5-2/h52-53,55H,4-51H2,1-3H3. The normalized spacial score (nSPS) is 12.7. The number of carbonyl (C=O) groups is 1. The smallest absolute Gasteiger partial charge is 0.334 e. The minimum Gasteiger partial charge on any atom is -0.464 e. The molecule has 2 atom stereocenters. The summed E-state index contributed by atoms with van der Waals surface area (Å²) in [6.07, 6.45) is 63.0. The van der Waals surface area contributed by atoms with Crippen LogP contribution in [0.2, 0.25) is 0 Å². The molecule has 57 heavy (non-hydrogen) atoms. The summed E-state index contributed by atoms with van der Waals surface area (Å²) < 4.78 is 5.39. The molecule has 1 N–H and O–H groups in total. The number of carbonyl (C=O) groups excluding carboxylic acids is 1. The van der Waals surface area contributed by atoms with Crippen LogP contribution in [0.25, 0.3) is 0 Å². The molecule has 0 radical (unpaired) electrons. The summed E-state index contributed by atoms with van der Waals surface area (Å²) in [5.41, 5.74) is 0. The molecule has 2 unspecified atom stereocenters. The summed E-state index contributed by atoms with van der Waals surface area (Å²) in [6, 6.07) is 0. The van der Waals surface area contributed by atoms with Gasteiger partial charge in [-0.15, -0.1) is 0 Å². The second kappa shape index (κ2) is 49.8. The van der Waals surface area contributed by atoms with Crippen LogP contribution in [0, 0.1) is 5.92 Å². The molecule has 0 aliphatic carbocycles. The third-order valence-corrected chi connectivity index (χ3v) is 13.0. The van der Waals surface area contributed by atoms with Gasteiger partial charge in [-0.05, 0) is 18.8 Å². The average molecular weight is 805 g/mol. The topological polar surface area (TPSA) is 46.5 Å². The van der Waals surface area contributed by atoms with Crippen molar-refractivity contribution in [3.8, 4) is 0 Å². The first-order valence-corrected chi connectivity index (χ1v) is 27.0. The van der Waals surface area contributed by atoms with Gasteiger partial charge in [0.15, 0.2) is 6.10 Å². The van der Waals surface area contributed by atoms with Gasteiger partial charge in [-0.2, -0.15) is 0 Å². The van der Waals surface area contributed by atoms with E-state index in [2.05, 4.69) is 20.8 Å². The molecule has 0 saturated heterocycles. The van der Waals surface area contributed by atoms with Gasteiger partial charge in [-0.25, -0.2) is 4.79 Å². The van der Waals surface area contributed by atoms with E-state index >= 15 is 0 Å². The Balaban J connectivity index is 3.67. The molecule has 0 rings (SSSR count). The van der Waals surface area contributed by atoms with Gasteiger partial charge in [-0.3, -0.25) is 0 Å². The molecule has 0 aliphatic rings. The maximum absolute atomic E-state index is 12.2. The van der Waals surface area contributed by atoms with E-state index in [9.17, 15) is 9.90 Å². The Morgan fingerprint density at radius 3 is 0.807 bits per heavy atom. The van der Waals surface area contributed by atoms with Crippen LogP contribution in [0.5, 0.6) is 0 Å². The molecule has 0 heterocycles. The number of esters is 1. The second-order valence-electron chi connectivity index (χ2n) is 18.8. The summed E-state index contributed by atoms with van der Waals surface area (Å²) in [5, 5.41) is 10.3. The molecule has 3 heteroatoms. The number of aliphatic hydroxyl groups excluding tert-OH is 1. The van der Waals surface area contributed by atoms with Crippen molar-refractivity contribution in [2.45, 2.75) is 329 Å². The van der Waals surface area contributed by atoms with Crippen molar-refractivity contribution in [2.24, 2.45) is 5.92 Å². The van der Waals surface area contributed by atoms with E-state index in [1.807, 2.05) is 0 Å². The average Bonchev–Trinajstić information content (AvgIpc) is 3.22. The first kappa shape index (κ1) is 56.4. The van der Waals surface area contributed by atoms with Crippen molar-refractivity contribution in [3.05, 3.63) is 0 Å². The van der Waals surface area contributed by atoms with Crippen LogP contribution in [0.4, 0.5) is 0 Å². The maximum atomic E-state index is 12.2. The Hall–Kier alpha value is -0.570. The zero-order valence-electron chi connectivity index (χ0n) is 39.9. The lowest BCUT2D eigenvalue weighted by atomic mass is 9.89. The van der Waals surface area contributed by atoms with Crippen molar-refractivity contribution < 1.29 is 14.6 Å². The minimum absolute atomic E-state index is 0.403. The van der Waals surface area contributed by atoms with Crippen LogP contribution >= 0.6 is 0 Å². The van der Waals surface area contributed by atoms with E-state index in [-0.39, 0.29) is 0 Å². The fourth-order valence-electron chi connectivity index (χ4n) is 8.97.